The highest BCUT2D eigenvalue weighted by Crippen LogP contribution is 2.26. The average molecular weight is 293 g/mol. The molecule has 5 nitrogen and oxygen atoms in total. The number of para-hydroxylation sites is 2. The number of aromatic nitrogens is 2. The van der Waals surface area contributed by atoms with Crippen molar-refractivity contribution in [1.82, 2.24) is 10.1 Å². The zero-order valence-electron chi connectivity index (χ0n) is 11.9. The van der Waals surface area contributed by atoms with Gasteiger partial charge in [0.05, 0.1) is 11.4 Å². The first kappa shape index (κ1) is 14.7. The van der Waals surface area contributed by atoms with E-state index < -0.39 is 0 Å². The molecule has 0 unspecified atom stereocenters. The van der Waals surface area contributed by atoms with Crippen molar-refractivity contribution in [2.24, 2.45) is 0 Å². The van der Waals surface area contributed by atoms with E-state index >= 15 is 0 Å². The first-order chi connectivity index (χ1) is 9.44. The largest absolute Gasteiger partial charge is 0.482 e. The normalized spacial score (nSPS) is 11.6. The summed E-state index contributed by atoms with van der Waals surface area (Å²) in [6.07, 6.45) is 0. The second-order valence-electron chi connectivity index (χ2n) is 5.33. The molecule has 1 aromatic carbocycles. The maximum Gasteiger partial charge on any atom is 0.264 e. The summed E-state index contributed by atoms with van der Waals surface area (Å²) >= 11 is 1.77. The topological polar surface area (TPSA) is 74.2 Å². The van der Waals surface area contributed by atoms with Gasteiger partial charge in [-0.3, -0.25) is 0 Å². The molecule has 108 valence electrons. The van der Waals surface area contributed by atoms with Crippen molar-refractivity contribution in [1.29, 1.82) is 0 Å². The molecular weight excluding hydrogens is 274 g/mol. The number of ether oxygens (including phenoxy) is 1. The Labute approximate surface area is 122 Å². The maximum absolute atomic E-state index is 5.79. The number of hydrogen-bond acceptors (Lipinski definition) is 6. The van der Waals surface area contributed by atoms with Gasteiger partial charge in [0.1, 0.15) is 5.75 Å². The zero-order valence-corrected chi connectivity index (χ0v) is 12.7. The van der Waals surface area contributed by atoms with E-state index in [-0.39, 0.29) is 11.4 Å². The SMILES string of the molecule is CC(C)(C)SCc1noc(COc2ccccc2N)n1. The molecule has 0 aliphatic heterocycles. The molecule has 0 spiro atoms. The summed E-state index contributed by atoms with van der Waals surface area (Å²) in [5, 5.41) is 3.94. The van der Waals surface area contributed by atoms with Gasteiger partial charge in [0.15, 0.2) is 12.4 Å². The van der Waals surface area contributed by atoms with E-state index in [1.165, 1.54) is 0 Å². The van der Waals surface area contributed by atoms with Crippen molar-refractivity contribution >= 4 is 17.4 Å². The molecule has 0 radical (unpaired) electrons. The lowest BCUT2D eigenvalue weighted by Crippen LogP contribution is -2.07. The zero-order chi connectivity index (χ0) is 14.6. The molecule has 2 aromatic rings. The predicted octanol–water partition coefficient (Wildman–Crippen LogP) is 3.26. The molecule has 20 heavy (non-hydrogen) atoms. The number of rotatable bonds is 5. The van der Waals surface area contributed by atoms with E-state index in [0.29, 0.717) is 23.2 Å². The van der Waals surface area contributed by atoms with Crippen LogP contribution in [0.5, 0.6) is 5.75 Å². The molecule has 0 amide bonds. The van der Waals surface area contributed by atoms with E-state index in [4.69, 9.17) is 15.0 Å². The molecule has 6 heteroatoms. The second-order valence-corrected chi connectivity index (χ2v) is 7.13. The van der Waals surface area contributed by atoms with Crippen LogP contribution in [0.1, 0.15) is 32.5 Å². The summed E-state index contributed by atoms with van der Waals surface area (Å²) in [5.74, 6) is 2.49. The van der Waals surface area contributed by atoms with Crippen LogP contribution in [0.15, 0.2) is 28.8 Å². The monoisotopic (exact) mass is 293 g/mol. The third-order valence-corrected chi connectivity index (χ3v) is 3.68. The molecule has 2 N–H and O–H groups in total. The number of anilines is 1. The van der Waals surface area contributed by atoms with E-state index in [0.717, 1.165) is 5.75 Å². The summed E-state index contributed by atoms with van der Waals surface area (Å²) in [7, 11) is 0. The van der Waals surface area contributed by atoms with Crippen LogP contribution in [0.3, 0.4) is 0 Å². The van der Waals surface area contributed by atoms with Crippen molar-refractivity contribution in [3.8, 4) is 5.75 Å². The quantitative estimate of drug-likeness (QED) is 0.853. The summed E-state index contributed by atoms with van der Waals surface area (Å²) in [4.78, 5) is 4.29. The molecule has 2 rings (SSSR count). The molecule has 0 atom stereocenters. The van der Waals surface area contributed by atoms with E-state index in [1.54, 1.807) is 17.8 Å². The van der Waals surface area contributed by atoms with Gasteiger partial charge in [0, 0.05) is 4.75 Å². The van der Waals surface area contributed by atoms with Gasteiger partial charge >= 0.3 is 0 Å². The highest BCUT2D eigenvalue weighted by molar-refractivity contribution is 7.99. The summed E-state index contributed by atoms with van der Waals surface area (Å²) < 4.78 is 10.9. The van der Waals surface area contributed by atoms with Crippen LogP contribution in [0, 0.1) is 0 Å². The number of nitrogens with two attached hydrogens (primary N) is 1. The molecule has 0 aliphatic rings. The van der Waals surface area contributed by atoms with Crippen LogP contribution in [-0.2, 0) is 12.4 Å². The van der Waals surface area contributed by atoms with Crippen LogP contribution >= 0.6 is 11.8 Å². The van der Waals surface area contributed by atoms with E-state index in [2.05, 4.69) is 30.9 Å². The van der Waals surface area contributed by atoms with Crippen molar-refractivity contribution < 1.29 is 9.26 Å². The number of benzene rings is 1. The van der Waals surface area contributed by atoms with Gasteiger partial charge in [0.2, 0.25) is 0 Å². The summed E-state index contributed by atoms with van der Waals surface area (Å²) in [6.45, 7) is 6.68. The van der Waals surface area contributed by atoms with Crippen LogP contribution in [0.4, 0.5) is 5.69 Å². The van der Waals surface area contributed by atoms with Gasteiger partial charge in [-0.25, -0.2) is 0 Å². The predicted molar refractivity (Wildman–Crippen MR) is 80.5 cm³/mol. The number of nitrogens with zero attached hydrogens (tertiary/aromatic N) is 2. The molecule has 0 saturated heterocycles. The molecule has 0 saturated carbocycles. The van der Waals surface area contributed by atoms with Crippen molar-refractivity contribution in [2.45, 2.75) is 37.9 Å². The van der Waals surface area contributed by atoms with E-state index in [1.807, 2.05) is 18.2 Å². The third-order valence-electron chi connectivity index (χ3n) is 2.41. The summed E-state index contributed by atoms with van der Waals surface area (Å²) in [6, 6.07) is 7.32. The second kappa shape index (κ2) is 6.17. The Kier molecular flexibility index (Phi) is 4.54. The van der Waals surface area contributed by atoms with Gasteiger partial charge in [-0.05, 0) is 12.1 Å². The molecular formula is C14H19N3O2S. The number of nitrogen functional groups attached to an aromatic ring is 1. The average Bonchev–Trinajstić information content (AvgIpc) is 2.83. The van der Waals surface area contributed by atoms with Crippen LogP contribution in [0.25, 0.3) is 0 Å². The fraction of sp³-hybridized carbons (Fsp3) is 0.429. The standard InChI is InChI=1S/C14H19N3O2S/c1-14(2,3)20-9-12-16-13(19-17-12)8-18-11-7-5-4-6-10(11)15/h4-7H,8-9,15H2,1-3H3. The first-order valence-corrected chi connectivity index (χ1v) is 7.35. The fourth-order valence-corrected chi connectivity index (χ4v) is 2.12. The first-order valence-electron chi connectivity index (χ1n) is 6.37. The van der Waals surface area contributed by atoms with Gasteiger partial charge in [-0.2, -0.15) is 4.98 Å². The van der Waals surface area contributed by atoms with Crippen LogP contribution in [0.2, 0.25) is 0 Å². The Morgan fingerprint density at radius 2 is 2.05 bits per heavy atom. The lowest BCUT2D eigenvalue weighted by Gasteiger charge is -2.15. The van der Waals surface area contributed by atoms with Crippen molar-refractivity contribution in [2.75, 3.05) is 5.73 Å². The number of hydrogen-bond donors (Lipinski definition) is 1. The third kappa shape index (κ3) is 4.45. The maximum atomic E-state index is 5.79. The van der Waals surface area contributed by atoms with Crippen molar-refractivity contribution in [3.63, 3.8) is 0 Å². The molecule has 1 heterocycles. The molecule has 0 aliphatic carbocycles. The van der Waals surface area contributed by atoms with Crippen LogP contribution in [-0.4, -0.2) is 14.9 Å². The van der Waals surface area contributed by atoms with Gasteiger partial charge in [0.25, 0.3) is 5.89 Å². The highest BCUT2D eigenvalue weighted by atomic mass is 32.2. The molecule has 0 fully saturated rings. The molecule has 0 bridgehead atoms. The summed E-state index contributed by atoms with van der Waals surface area (Å²) in [5.41, 5.74) is 6.38. The van der Waals surface area contributed by atoms with Gasteiger partial charge in [-0.15, -0.1) is 11.8 Å². The lowest BCUT2D eigenvalue weighted by molar-refractivity contribution is 0.243. The molecule has 1 aromatic heterocycles. The minimum Gasteiger partial charge on any atom is -0.482 e. The Morgan fingerprint density at radius 1 is 1.30 bits per heavy atom. The van der Waals surface area contributed by atoms with Gasteiger partial charge in [-0.1, -0.05) is 38.1 Å². The highest BCUT2D eigenvalue weighted by Gasteiger charge is 2.14. The number of thioether (sulfide) groups is 1. The Bertz CT molecular complexity index is 564. The smallest absolute Gasteiger partial charge is 0.264 e. The Hall–Kier alpha value is -1.69. The minimum atomic E-state index is 0.176. The Balaban J connectivity index is 1.89. The lowest BCUT2D eigenvalue weighted by atomic mass is 10.3. The van der Waals surface area contributed by atoms with Gasteiger partial charge < -0.3 is 15.0 Å². The van der Waals surface area contributed by atoms with E-state index in [9.17, 15) is 0 Å². The van der Waals surface area contributed by atoms with Crippen molar-refractivity contribution in [3.05, 3.63) is 36.0 Å². The minimum absolute atomic E-state index is 0.176. The fourth-order valence-electron chi connectivity index (χ4n) is 1.44. The Morgan fingerprint density at radius 3 is 2.75 bits per heavy atom. The van der Waals surface area contributed by atoms with Crippen LogP contribution < -0.4 is 10.5 Å².